The summed E-state index contributed by atoms with van der Waals surface area (Å²) in [5.74, 6) is 1.01. The van der Waals surface area contributed by atoms with Gasteiger partial charge in [0.25, 0.3) is 0 Å². The lowest BCUT2D eigenvalue weighted by Gasteiger charge is -2.57. The van der Waals surface area contributed by atoms with Crippen LogP contribution in [-0.2, 0) is 11.0 Å². The predicted octanol–water partition coefficient (Wildman–Crippen LogP) is 5.30. The largest absolute Gasteiger partial charge is 0.482 e. The normalized spacial score (nSPS) is 25.8. The average Bonchev–Trinajstić information content (AvgIpc) is 2.47. The fraction of sp³-hybridized carbons (Fsp3) is 0.400. The maximum atomic E-state index is 6.56. The second-order valence-electron chi connectivity index (χ2n) is 7.25. The van der Waals surface area contributed by atoms with E-state index in [0.717, 1.165) is 5.75 Å². The Kier molecular flexibility index (Phi) is 2.95. The first-order valence-electron chi connectivity index (χ1n) is 7.65. The minimum absolute atomic E-state index is 0.0203. The van der Waals surface area contributed by atoms with Crippen LogP contribution < -0.4 is 4.74 Å². The van der Waals surface area contributed by atoms with Crippen LogP contribution in [0.25, 0.3) is 0 Å². The van der Waals surface area contributed by atoms with Crippen molar-refractivity contribution < 1.29 is 4.74 Å². The first kappa shape index (κ1) is 14.2. The van der Waals surface area contributed by atoms with Crippen molar-refractivity contribution in [2.24, 2.45) is 5.41 Å². The molecule has 0 saturated heterocycles. The maximum absolute atomic E-state index is 6.56. The van der Waals surface area contributed by atoms with E-state index < -0.39 is 0 Å². The van der Waals surface area contributed by atoms with E-state index in [9.17, 15) is 0 Å². The molecule has 0 aromatic heterocycles. The van der Waals surface area contributed by atoms with E-state index in [1.54, 1.807) is 0 Å². The highest BCUT2D eigenvalue weighted by molar-refractivity contribution is 5.46. The molecule has 1 atom stereocenters. The van der Waals surface area contributed by atoms with Crippen molar-refractivity contribution in [3.05, 3.63) is 65.7 Å². The molecule has 1 unspecified atom stereocenters. The summed E-state index contributed by atoms with van der Waals surface area (Å²) < 4.78 is 6.56. The first-order valence-corrected chi connectivity index (χ1v) is 7.65. The van der Waals surface area contributed by atoms with Gasteiger partial charge in [0, 0.05) is 16.4 Å². The molecule has 1 aliphatic rings. The van der Waals surface area contributed by atoms with Crippen LogP contribution in [0.15, 0.2) is 54.6 Å². The fourth-order valence-corrected chi connectivity index (χ4v) is 3.53. The van der Waals surface area contributed by atoms with Gasteiger partial charge in [-0.3, -0.25) is 0 Å². The van der Waals surface area contributed by atoms with Crippen LogP contribution >= 0.6 is 0 Å². The van der Waals surface area contributed by atoms with Gasteiger partial charge in [0.15, 0.2) is 0 Å². The Balaban J connectivity index is 2.26. The topological polar surface area (TPSA) is 9.23 Å². The number of hydrogen-bond acceptors (Lipinski definition) is 1. The summed E-state index contributed by atoms with van der Waals surface area (Å²) in [6.07, 6.45) is 0. The summed E-state index contributed by atoms with van der Waals surface area (Å²) in [5, 5.41) is 0. The summed E-state index contributed by atoms with van der Waals surface area (Å²) in [6, 6.07) is 19.0. The van der Waals surface area contributed by atoms with Crippen molar-refractivity contribution >= 4 is 0 Å². The quantitative estimate of drug-likeness (QED) is 0.689. The summed E-state index contributed by atoms with van der Waals surface area (Å²) >= 11 is 0. The van der Waals surface area contributed by atoms with E-state index in [2.05, 4.69) is 89.2 Å². The molecule has 3 rings (SSSR count). The lowest BCUT2D eigenvalue weighted by molar-refractivity contribution is -0.0936. The minimum Gasteiger partial charge on any atom is -0.482 e. The molecule has 2 aromatic carbocycles. The van der Waals surface area contributed by atoms with Gasteiger partial charge >= 0.3 is 0 Å². The molecule has 0 aliphatic carbocycles. The number of ether oxygens (including phenoxy) is 1. The molecule has 1 aliphatic heterocycles. The summed E-state index contributed by atoms with van der Waals surface area (Å²) in [6.45, 7) is 11.5. The molecule has 2 aromatic rings. The van der Waals surface area contributed by atoms with E-state index in [4.69, 9.17) is 4.74 Å². The van der Waals surface area contributed by atoms with E-state index in [1.165, 1.54) is 11.1 Å². The summed E-state index contributed by atoms with van der Waals surface area (Å²) in [5.41, 5.74) is 2.15. The van der Waals surface area contributed by atoms with Crippen LogP contribution in [0.2, 0.25) is 0 Å². The Morgan fingerprint density at radius 3 is 1.95 bits per heavy atom. The Hall–Kier alpha value is -1.76. The molecule has 0 saturated carbocycles. The van der Waals surface area contributed by atoms with Crippen LogP contribution in [0, 0.1) is 5.41 Å². The van der Waals surface area contributed by atoms with Gasteiger partial charge in [-0.1, -0.05) is 76.2 Å². The third kappa shape index (κ3) is 1.76. The Morgan fingerprint density at radius 1 is 0.714 bits per heavy atom. The van der Waals surface area contributed by atoms with Gasteiger partial charge in [0.2, 0.25) is 0 Å². The lowest BCUT2D eigenvalue weighted by Crippen LogP contribution is -2.57. The maximum Gasteiger partial charge on any atom is 0.137 e. The van der Waals surface area contributed by atoms with Crippen LogP contribution in [0.4, 0.5) is 0 Å². The standard InChI is InChI=1S/C20H24O/c1-18(2)16-13-9-10-14-17(16)21-20(5,19(18,3)4)15-11-7-6-8-12-15/h6-14H,1-5H3. The molecule has 1 heteroatoms. The number of benzene rings is 2. The van der Waals surface area contributed by atoms with Crippen LogP contribution in [-0.4, -0.2) is 0 Å². The van der Waals surface area contributed by atoms with Gasteiger partial charge in [-0.15, -0.1) is 0 Å². The zero-order valence-corrected chi connectivity index (χ0v) is 13.6. The van der Waals surface area contributed by atoms with Gasteiger partial charge in [0.05, 0.1) is 0 Å². The van der Waals surface area contributed by atoms with Gasteiger partial charge < -0.3 is 4.74 Å². The molecular weight excluding hydrogens is 256 g/mol. The molecule has 0 N–H and O–H groups in total. The fourth-order valence-electron chi connectivity index (χ4n) is 3.53. The van der Waals surface area contributed by atoms with Crippen molar-refractivity contribution in [2.75, 3.05) is 0 Å². The third-order valence-corrected chi connectivity index (χ3v) is 5.95. The van der Waals surface area contributed by atoms with E-state index >= 15 is 0 Å². The Morgan fingerprint density at radius 2 is 1.29 bits per heavy atom. The molecule has 0 spiro atoms. The molecular formula is C20H24O. The second-order valence-corrected chi connectivity index (χ2v) is 7.25. The highest BCUT2D eigenvalue weighted by atomic mass is 16.5. The Bertz CT molecular complexity index is 655. The van der Waals surface area contributed by atoms with E-state index in [1.807, 2.05) is 0 Å². The monoisotopic (exact) mass is 280 g/mol. The molecule has 1 heterocycles. The highest BCUT2D eigenvalue weighted by Gasteiger charge is 2.57. The molecule has 0 bridgehead atoms. The Labute approximate surface area is 128 Å². The van der Waals surface area contributed by atoms with Crippen LogP contribution in [0.5, 0.6) is 5.75 Å². The van der Waals surface area contributed by atoms with Crippen LogP contribution in [0.1, 0.15) is 45.7 Å². The third-order valence-electron chi connectivity index (χ3n) is 5.95. The van der Waals surface area contributed by atoms with Gasteiger partial charge in [-0.05, 0) is 18.6 Å². The zero-order chi connectivity index (χ0) is 15.3. The molecule has 1 nitrogen and oxygen atoms in total. The number of hydrogen-bond donors (Lipinski definition) is 0. The summed E-state index contributed by atoms with van der Waals surface area (Å²) in [4.78, 5) is 0. The van der Waals surface area contributed by atoms with Gasteiger partial charge in [-0.2, -0.15) is 0 Å². The molecule has 0 amide bonds. The van der Waals surface area contributed by atoms with E-state index in [0.29, 0.717) is 0 Å². The second kappa shape index (κ2) is 4.37. The van der Waals surface area contributed by atoms with Crippen molar-refractivity contribution in [3.63, 3.8) is 0 Å². The van der Waals surface area contributed by atoms with Crippen molar-refractivity contribution in [1.29, 1.82) is 0 Å². The van der Waals surface area contributed by atoms with Gasteiger partial charge in [-0.25, -0.2) is 0 Å². The summed E-state index contributed by atoms with van der Waals surface area (Å²) in [7, 11) is 0. The molecule has 0 fully saturated rings. The van der Waals surface area contributed by atoms with Crippen molar-refractivity contribution in [1.82, 2.24) is 0 Å². The highest BCUT2D eigenvalue weighted by Crippen LogP contribution is 2.59. The van der Waals surface area contributed by atoms with Crippen LogP contribution in [0.3, 0.4) is 0 Å². The molecule has 110 valence electrons. The number of rotatable bonds is 1. The average molecular weight is 280 g/mol. The smallest absolute Gasteiger partial charge is 0.137 e. The lowest BCUT2D eigenvalue weighted by atomic mass is 9.54. The molecule has 0 radical (unpaired) electrons. The van der Waals surface area contributed by atoms with Crippen molar-refractivity contribution in [3.8, 4) is 5.75 Å². The molecule has 21 heavy (non-hydrogen) atoms. The minimum atomic E-state index is -0.355. The first-order chi connectivity index (χ1) is 9.81. The zero-order valence-electron chi connectivity index (χ0n) is 13.6. The van der Waals surface area contributed by atoms with E-state index in [-0.39, 0.29) is 16.4 Å². The van der Waals surface area contributed by atoms with Gasteiger partial charge in [0.1, 0.15) is 11.4 Å². The number of para-hydroxylation sites is 1. The van der Waals surface area contributed by atoms with Crippen molar-refractivity contribution in [2.45, 2.75) is 45.6 Å². The SMILES string of the molecule is CC1(C)c2ccccc2OC(C)(c2ccccc2)C1(C)C. The predicted molar refractivity (Wildman–Crippen MR) is 87.7 cm³/mol. The number of fused-ring (bicyclic) bond motifs is 1.